The monoisotopic (exact) mass is 284 g/mol. The van der Waals surface area contributed by atoms with Crippen LogP contribution in [0.25, 0.3) is 5.78 Å². The zero-order chi connectivity index (χ0) is 14.8. The van der Waals surface area contributed by atoms with E-state index in [1.807, 2.05) is 6.07 Å². The highest BCUT2D eigenvalue weighted by Gasteiger charge is 2.13. The molecule has 0 fully saturated rings. The third-order valence-corrected chi connectivity index (χ3v) is 3.17. The molecule has 0 saturated heterocycles. The van der Waals surface area contributed by atoms with Crippen LogP contribution in [-0.2, 0) is 13.5 Å². The quantitative estimate of drug-likeness (QED) is 0.790. The van der Waals surface area contributed by atoms with Gasteiger partial charge in [0.05, 0.1) is 17.6 Å². The van der Waals surface area contributed by atoms with Gasteiger partial charge in [-0.1, -0.05) is 13.3 Å². The molecule has 0 bridgehead atoms. The van der Waals surface area contributed by atoms with Gasteiger partial charge in [-0.05, 0) is 12.5 Å². The first-order chi connectivity index (χ1) is 10.2. The van der Waals surface area contributed by atoms with Gasteiger partial charge < -0.3 is 5.32 Å². The number of aryl methyl sites for hydroxylation is 2. The number of carbonyl (C=O) groups is 1. The minimum atomic E-state index is -0.200. The summed E-state index contributed by atoms with van der Waals surface area (Å²) in [5, 5.41) is 7.16. The molecule has 108 valence electrons. The molecule has 0 saturated carbocycles. The van der Waals surface area contributed by atoms with Crippen molar-refractivity contribution in [3.8, 4) is 0 Å². The Bertz CT molecular complexity index is 788. The molecule has 3 aromatic rings. The van der Waals surface area contributed by atoms with E-state index in [-0.39, 0.29) is 5.91 Å². The molecule has 0 radical (unpaired) electrons. The van der Waals surface area contributed by atoms with Crippen molar-refractivity contribution < 1.29 is 4.79 Å². The lowest BCUT2D eigenvalue weighted by Gasteiger charge is -2.05. The lowest BCUT2D eigenvalue weighted by Crippen LogP contribution is -2.16. The fourth-order valence-corrected chi connectivity index (χ4v) is 2.19. The highest BCUT2D eigenvalue weighted by Crippen LogP contribution is 2.11. The summed E-state index contributed by atoms with van der Waals surface area (Å²) < 4.78 is 3.35. The van der Waals surface area contributed by atoms with Gasteiger partial charge in [0, 0.05) is 25.6 Å². The molecule has 7 heteroatoms. The molecule has 0 spiro atoms. The molecule has 7 nitrogen and oxygen atoms in total. The Balaban J connectivity index is 1.81. The number of anilines is 1. The smallest absolute Gasteiger partial charge is 0.274 e. The second-order valence-corrected chi connectivity index (χ2v) is 4.83. The number of rotatable bonds is 4. The van der Waals surface area contributed by atoms with E-state index in [1.165, 1.54) is 0 Å². The van der Waals surface area contributed by atoms with Crippen molar-refractivity contribution in [1.29, 1.82) is 0 Å². The number of hydrogen-bond acceptors (Lipinski definition) is 4. The molecule has 0 aliphatic carbocycles. The molecule has 0 aliphatic rings. The van der Waals surface area contributed by atoms with Gasteiger partial charge in [-0.2, -0.15) is 5.10 Å². The Labute approximate surface area is 121 Å². The minimum Gasteiger partial charge on any atom is -0.318 e. The van der Waals surface area contributed by atoms with Gasteiger partial charge in [-0.3, -0.25) is 13.9 Å². The number of carbonyl (C=O) groups excluding carboxylic acids is 1. The van der Waals surface area contributed by atoms with Crippen LogP contribution in [0.2, 0.25) is 0 Å². The molecule has 3 rings (SSSR count). The first kappa shape index (κ1) is 13.3. The van der Waals surface area contributed by atoms with E-state index in [0.717, 1.165) is 18.5 Å². The van der Waals surface area contributed by atoms with E-state index in [1.54, 1.807) is 40.9 Å². The average Bonchev–Trinajstić information content (AvgIpc) is 3.05. The Kier molecular flexibility index (Phi) is 3.39. The van der Waals surface area contributed by atoms with E-state index < -0.39 is 0 Å². The normalized spacial score (nSPS) is 11.0. The maximum Gasteiger partial charge on any atom is 0.274 e. The predicted octanol–water partition coefficient (Wildman–Crippen LogP) is 1.67. The van der Waals surface area contributed by atoms with Crippen LogP contribution in [0.4, 0.5) is 5.69 Å². The number of amides is 1. The fraction of sp³-hybridized carbons (Fsp3) is 0.286. The molecule has 0 aromatic carbocycles. The van der Waals surface area contributed by atoms with Crippen molar-refractivity contribution in [3.05, 3.63) is 42.2 Å². The number of nitrogens with zero attached hydrogens (tertiary/aromatic N) is 5. The van der Waals surface area contributed by atoms with Crippen molar-refractivity contribution in [2.24, 2.45) is 7.05 Å². The predicted molar refractivity (Wildman–Crippen MR) is 78.1 cm³/mol. The van der Waals surface area contributed by atoms with Gasteiger partial charge in [0.15, 0.2) is 0 Å². The van der Waals surface area contributed by atoms with Gasteiger partial charge in [-0.25, -0.2) is 9.97 Å². The molecule has 21 heavy (non-hydrogen) atoms. The molecule has 0 atom stereocenters. The van der Waals surface area contributed by atoms with Crippen molar-refractivity contribution in [2.75, 3.05) is 5.32 Å². The Hall–Kier alpha value is -2.70. The van der Waals surface area contributed by atoms with E-state index in [2.05, 4.69) is 27.3 Å². The summed E-state index contributed by atoms with van der Waals surface area (Å²) in [6.45, 7) is 2.08. The topological polar surface area (TPSA) is 77.1 Å². The Morgan fingerprint density at radius 3 is 3.05 bits per heavy atom. The number of imidazole rings is 1. The number of hydrogen-bond donors (Lipinski definition) is 1. The largest absolute Gasteiger partial charge is 0.318 e. The highest BCUT2D eigenvalue weighted by molar-refractivity contribution is 6.03. The maximum atomic E-state index is 12.3. The molecule has 3 aromatic heterocycles. The summed E-state index contributed by atoms with van der Waals surface area (Å²) in [6, 6.07) is 1.82. The van der Waals surface area contributed by atoms with Crippen LogP contribution in [-0.4, -0.2) is 30.1 Å². The third-order valence-electron chi connectivity index (χ3n) is 3.17. The second kappa shape index (κ2) is 5.35. The van der Waals surface area contributed by atoms with Crippen molar-refractivity contribution in [1.82, 2.24) is 24.1 Å². The first-order valence-electron chi connectivity index (χ1n) is 6.80. The standard InChI is InChI=1S/C14H16N6O/c1-3-4-10-7-12(19(2)18-10)13(21)17-11-8-16-14-15-5-6-20(14)9-11/h5-9H,3-4H2,1-2H3,(H,17,21). The van der Waals surface area contributed by atoms with Crippen LogP contribution in [0, 0.1) is 0 Å². The zero-order valence-corrected chi connectivity index (χ0v) is 11.9. The number of nitrogens with one attached hydrogen (secondary N) is 1. The van der Waals surface area contributed by atoms with Gasteiger partial charge in [0.25, 0.3) is 5.91 Å². The van der Waals surface area contributed by atoms with Crippen LogP contribution < -0.4 is 5.32 Å². The SMILES string of the molecule is CCCc1cc(C(=O)Nc2cnc3nccn3c2)n(C)n1. The Morgan fingerprint density at radius 1 is 1.38 bits per heavy atom. The summed E-state index contributed by atoms with van der Waals surface area (Å²) in [5.41, 5.74) is 2.07. The molecule has 0 unspecified atom stereocenters. The zero-order valence-electron chi connectivity index (χ0n) is 11.9. The number of fused-ring (bicyclic) bond motifs is 1. The fourth-order valence-electron chi connectivity index (χ4n) is 2.19. The molecular formula is C14H16N6O. The van der Waals surface area contributed by atoms with E-state index in [4.69, 9.17) is 0 Å². The molecule has 0 aliphatic heterocycles. The third kappa shape index (κ3) is 2.62. The summed E-state index contributed by atoms with van der Waals surface area (Å²) in [4.78, 5) is 20.5. The van der Waals surface area contributed by atoms with Gasteiger partial charge >= 0.3 is 0 Å². The van der Waals surface area contributed by atoms with Gasteiger partial charge in [0.1, 0.15) is 5.69 Å². The molecule has 1 amide bonds. The van der Waals surface area contributed by atoms with Crippen LogP contribution in [0.1, 0.15) is 29.5 Å². The summed E-state index contributed by atoms with van der Waals surface area (Å²) >= 11 is 0. The van der Waals surface area contributed by atoms with Crippen LogP contribution in [0.5, 0.6) is 0 Å². The molecular weight excluding hydrogens is 268 g/mol. The highest BCUT2D eigenvalue weighted by atomic mass is 16.2. The van der Waals surface area contributed by atoms with Crippen molar-refractivity contribution >= 4 is 17.4 Å². The van der Waals surface area contributed by atoms with Crippen LogP contribution in [0.15, 0.2) is 30.9 Å². The van der Waals surface area contributed by atoms with E-state index in [0.29, 0.717) is 17.2 Å². The molecule has 3 heterocycles. The second-order valence-electron chi connectivity index (χ2n) is 4.83. The number of aromatic nitrogens is 5. The van der Waals surface area contributed by atoms with Gasteiger partial charge in [0.2, 0.25) is 5.78 Å². The summed E-state index contributed by atoms with van der Waals surface area (Å²) in [6.07, 6.45) is 8.66. The van der Waals surface area contributed by atoms with Crippen LogP contribution >= 0.6 is 0 Å². The van der Waals surface area contributed by atoms with Gasteiger partial charge in [-0.15, -0.1) is 0 Å². The lowest BCUT2D eigenvalue weighted by molar-refractivity contribution is 0.101. The van der Waals surface area contributed by atoms with Crippen molar-refractivity contribution in [3.63, 3.8) is 0 Å². The lowest BCUT2D eigenvalue weighted by atomic mass is 10.2. The Morgan fingerprint density at radius 2 is 2.24 bits per heavy atom. The van der Waals surface area contributed by atoms with E-state index >= 15 is 0 Å². The van der Waals surface area contributed by atoms with Crippen molar-refractivity contribution in [2.45, 2.75) is 19.8 Å². The average molecular weight is 284 g/mol. The van der Waals surface area contributed by atoms with E-state index in [9.17, 15) is 4.79 Å². The molecule has 1 N–H and O–H groups in total. The van der Waals surface area contributed by atoms with Crippen LogP contribution in [0.3, 0.4) is 0 Å². The minimum absolute atomic E-state index is 0.200. The summed E-state index contributed by atoms with van der Waals surface area (Å²) in [7, 11) is 1.77. The maximum absolute atomic E-state index is 12.3. The first-order valence-corrected chi connectivity index (χ1v) is 6.80. The summed E-state index contributed by atoms with van der Waals surface area (Å²) in [5.74, 6) is 0.396.